The van der Waals surface area contributed by atoms with Crippen LogP contribution >= 0.6 is 0 Å². The molecule has 7 nitrogen and oxygen atoms in total. The second-order valence-corrected chi connectivity index (χ2v) is 6.03. The molecule has 0 aliphatic heterocycles. The van der Waals surface area contributed by atoms with Crippen molar-refractivity contribution in [1.29, 1.82) is 0 Å². The van der Waals surface area contributed by atoms with Crippen molar-refractivity contribution in [2.24, 2.45) is 11.7 Å². The van der Waals surface area contributed by atoms with Gasteiger partial charge in [0.1, 0.15) is 0 Å². The van der Waals surface area contributed by atoms with Gasteiger partial charge in [0.2, 0.25) is 5.82 Å². The lowest BCUT2D eigenvalue weighted by Crippen LogP contribution is -2.46. The van der Waals surface area contributed by atoms with Crippen LogP contribution in [0.2, 0.25) is 0 Å². The number of nitrogens with zero attached hydrogens (tertiary/aromatic N) is 4. The molecule has 1 unspecified atom stereocenters. The summed E-state index contributed by atoms with van der Waals surface area (Å²) in [7, 11) is 0. The number of carbonyl (C=O) groups is 1. The zero-order valence-corrected chi connectivity index (χ0v) is 12.8. The summed E-state index contributed by atoms with van der Waals surface area (Å²) in [5.41, 5.74) is 6.82. The molecule has 1 saturated carbocycles. The van der Waals surface area contributed by atoms with Crippen LogP contribution in [0.5, 0.6) is 0 Å². The number of fused-ring (bicyclic) bond motifs is 1. The van der Waals surface area contributed by atoms with E-state index in [1.165, 1.54) is 23.8 Å². The molecule has 0 aromatic carbocycles. The molecule has 0 bridgehead atoms. The fraction of sp³-hybridized carbons (Fsp3) is 0.600. The van der Waals surface area contributed by atoms with Gasteiger partial charge in [-0.05, 0) is 31.2 Å². The number of rotatable bonds is 4. The lowest BCUT2D eigenvalue weighted by molar-refractivity contribution is 0.0905. The highest BCUT2D eigenvalue weighted by molar-refractivity contribution is 5.91. The normalized spacial score (nSPS) is 17.5. The maximum absolute atomic E-state index is 12.4. The Balaban J connectivity index is 1.73. The molecule has 22 heavy (non-hydrogen) atoms. The van der Waals surface area contributed by atoms with E-state index in [9.17, 15) is 4.79 Å². The van der Waals surface area contributed by atoms with Gasteiger partial charge in [-0.2, -0.15) is 4.98 Å². The number of nitrogens with two attached hydrogens (primary N) is 1. The van der Waals surface area contributed by atoms with Crippen LogP contribution in [0.1, 0.15) is 48.3 Å². The van der Waals surface area contributed by atoms with Crippen molar-refractivity contribution in [3.63, 3.8) is 0 Å². The molecule has 3 rings (SSSR count). The van der Waals surface area contributed by atoms with E-state index in [1.807, 2.05) is 6.92 Å². The molecule has 0 radical (unpaired) electrons. The van der Waals surface area contributed by atoms with Gasteiger partial charge in [-0.25, -0.2) is 9.50 Å². The van der Waals surface area contributed by atoms with Crippen molar-refractivity contribution in [3.05, 3.63) is 23.8 Å². The average Bonchev–Trinajstić information content (AvgIpc) is 2.96. The minimum atomic E-state index is -0.274. The van der Waals surface area contributed by atoms with Gasteiger partial charge in [-0.15, -0.1) is 5.10 Å². The molecule has 1 aliphatic carbocycles. The van der Waals surface area contributed by atoms with Gasteiger partial charge in [0.25, 0.3) is 11.7 Å². The van der Waals surface area contributed by atoms with Crippen LogP contribution in [0.3, 0.4) is 0 Å². The molecule has 1 amide bonds. The Morgan fingerprint density at radius 3 is 2.95 bits per heavy atom. The van der Waals surface area contributed by atoms with E-state index >= 15 is 0 Å². The lowest BCUT2D eigenvalue weighted by Gasteiger charge is -2.29. The number of amides is 1. The second-order valence-electron chi connectivity index (χ2n) is 6.03. The van der Waals surface area contributed by atoms with Crippen molar-refractivity contribution in [2.45, 2.75) is 45.1 Å². The quantitative estimate of drug-likeness (QED) is 0.880. The average molecular weight is 302 g/mol. The third-order valence-corrected chi connectivity index (χ3v) is 4.32. The van der Waals surface area contributed by atoms with Gasteiger partial charge >= 0.3 is 0 Å². The van der Waals surface area contributed by atoms with E-state index in [1.54, 1.807) is 12.4 Å². The van der Waals surface area contributed by atoms with E-state index in [0.717, 1.165) is 18.4 Å². The van der Waals surface area contributed by atoms with E-state index in [2.05, 4.69) is 20.4 Å². The van der Waals surface area contributed by atoms with E-state index in [4.69, 9.17) is 5.73 Å². The third kappa shape index (κ3) is 3.09. The molecule has 1 aliphatic rings. The largest absolute Gasteiger partial charge is 0.345 e. The zero-order valence-electron chi connectivity index (χ0n) is 12.8. The van der Waals surface area contributed by atoms with Crippen LogP contribution in [-0.4, -0.2) is 38.1 Å². The molecular formula is C15H22N6O. The van der Waals surface area contributed by atoms with Gasteiger partial charge in [0, 0.05) is 25.0 Å². The number of aryl methyl sites for hydroxylation is 1. The first-order valence-electron chi connectivity index (χ1n) is 7.87. The van der Waals surface area contributed by atoms with Crippen molar-refractivity contribution in [2.75, 3.05) is 6.54 Å². The van der Waals surface area contributed by atoms with E-state index in [-0.39, 0.29) is 17.8 Å². The Kier molecular flexibility index (Phi) is 4.33. The van der Waals surface area contributed by atoms with Gasteiger partial charge in [0.05, 0.1) is 0 Å². The number of hydrogen-bond acceptors (Lipinski definition) is 5. The van der Waals surface area contributed by atoms with Gasteiger partial charge in [-0.3, -0.25) is 4.79 Å². The van der Waals surface area contributed by atoms with Gasteiger partial charge in [-0.1, -0.05) is 19.3 Å². The molecule has 118 valence electrons. The van der Waals surface area contributed by atoms with Crippen LogP contribution in [-0.2, 0) is 0 Å². The van der Waals surface area contributed by atoms with E-state index in [0.29, 0.717) is 18.2 Å². The Labute approximate surface area is 129 Å². The maximum atomic E-state index is 12.4. The highest BCUT2D eigenvalue weighted by Gasteiger charge is 2.25. The van der Waals surface area contributed by atoms with Crippen molar-refractivity contribution < 1.29 is 4.79 Å². The van der Waals surface area contributed by atoms with Gasteiger partial charge in [0.15, 0.2) is 0 Å². The number of carbonyl (C=O) groups excluding carboxylic acids is 1. The van der Waals surface area contributed by atoms with Crippen molar-refractivity contribution >= 4 is 11.7 Å². The van der Waals surface area contributed by atoms with Crippen molar-refractivity contribution in [3.8, 4) is 0 Å². The monoisotopic (exact) mass is 302 g/mol. The molecule has 2 aromatic rings. The predicted octanol–water partition coefficient (Wildman–Crippen LogP) is 1.07. The summed E-state index contributed by atoms with van der Waals surface area (Å²) < 4.78 is 1.53. The van der Waals surface area contributed by atoms with Gasteiger partial charge < -0.3 is 11.1 Å². The Morgan fingerprint density at radius 2 is 2.23 bits per heavy atom. The van der Waals surface area contributed by atoms with Crippen LogP contribution < -0.4 is 11.1 Å². The third-order valence-electron chi connectivity index (χ3n) is 4.32. The molecule has 0 spiro atoms. The SMILES string of the molecule is Cc1cnc2nc(C(=O)NC(CN)C3CCCCC3)nn2c1. The fourth-order valence-corrected chi connectivity index (χ4v) is 3.11. The molecule has 1 atom stereocenters. The summed E-state index contributed by atoms with van der Waals surface area (Å²) in [5, 5.41) is 7.19. The highest BCUT2D eigenvalue weighted by atomic mass is 16.2. The van der Waals surface area contributed by atoms with E-state index < -0.39 is 0 Å². The summed E-state index contributed by atoms with van der Waals surface area (Å²) in [6, 6.07) is -0.00546. The molecule has 7 heteroatoms. The molecule has 3 N–H and O–H groups in total. The first kappa shape index (κ1) is 14.9. The van der Waals surface area contributed by atoms with Crippen molar-refractivity contribution in [1.82, 2.24) is 24.9 Å². The molecule has 2 aromatic heterocycles. The molecule has 1 fully saturated rings. The smallest absolute Gasteiger partial charge is 0.291 e. The summed E-state index contributed by atoms with van der Waals surface area (Å²) in [6.07, 6.45) is 9.47. The first-order valence-corrected chi connectivity index (χ1v) is 7.87. The number of nitrogens with one attached hydrogen (secondary N) is 1. The van der Waals surface area contributed by atoms with Crippen LogP contribution in [0.15, 0.2) is 12.4 Å². The zero-order chi connectivity index (χ0) is 15.5. The molecule has 2 heterocycles. The first-order chi connectivity index (χ1) is 10.7. The van der Waals surface area contributed by atoms with Crippen LogP contribution in [0, 0.1) is 12.8 Å². The number of aromatic nitrogens is 4. The summed E-state index contributed by atoms with van der Waals surface area (Å²) >= 11 is 0. The number of hydrogen-bond donors (Lipinski definition) is 2. The fourth-order valence-electron chi connectivity index (χ4n) is 3.11. The minimum Gasteiger partial charge on any atom is -0.345 e. The van der Waals surface area contributed by atoms with Crippen LogP contribution in [0.25, 0.3) is 5.78 Å². The van der Waals surface area contributed by atoms with Crippen LogP contribution in [0.4, 0.5) is 0 Å². The Bertz CT molecular complexity index is 661. The Morgan fingerprint density at radius 1 is 1.45 bits per heavy atom. The molecule has 0 saturated heterocycles. The second kappa shape index (κ2) is 6.39. The maximum Gasteiger partial charge on any atom is 0.291 e. The predicted molar refractivity (Wildman–Crippen MR) is 82.4 cm³/mol. The summed E-state index contributed by atoms with van der Waals surface area (Å²) in [5.74, 6) is 0.759. The molecular weight excluding hydrogens is 280 g/mol. The summed E-state index contributed by atoms with van der Waals surface area (Å²) in [6.45, 7) is 2.36. The topological polar surface area (TPSA) is 98.2 Å². The standard InChI is InChI=1S/C15H22N6O/c1-10-8-17-15-19-13(20-21(15)9-10)14(22)18-12(7-16)11-5-3-2-4-6-11/h8-9,11-12H,2-7,16H2,1H3,(H,18,22). The Hall–Kier alpha value is -2.02. The lowest BCUT2D eigenvalue weighted by atomic mass is 9.84. The minimum absolute atomic E-state index is 0.00546. The summed E-state index contributed by atoms with van der Waals surface area (Å²) in [4.78, 5) is 20.7. The highest BCUT2D eigenvalue weighted by Crippen LogP contribution is 2.26.